The SMILES string of the molecule is CN1CCN(C)C(C(=O)N2CCN(c3ccccc3/C=C/C3OC3NO)CC2)C1. The minimum atomic E-state index is -0.301. The summed E-state index contributed by atoms with van der Waals surface area (Å²) in [5.74, 6) is 0.250. The molecule has 3 heterocycles. The molecule has 8 heteroatoms. The molecule has 158 valence electrons. The van der Waals surface area contributed by atoms with Gasteiger partial charge in [0.2, 0.25) is 5.91 Å². The van der Waals surface area contributed by atoms with Crippen molar-refractivity contribution in [3.63, 3.8) is 0 Å². The van der Waals surface area contributed by atoms with Crippen LogP contribution < -0.4 is 10.4 Å². The summed E-state index contributed by atoms with van der Waals surface area (Å²) in [7, 11) is 4.13. The molecule has 3 aliphatic heterocycles. The second-order valence-corrected chi connectivity index (χ2v) is 8.14. The van der Waals surface area contributed by atoms with E-state index < -0.39 is 0 Å². The number of anilines is 1. The third kappa shape index (κ3) is 4.62. The third-order valence-corrected chi connectivity index (χ3v) is 6.12. The monoisotopic (exact) mass is 401 g/mol. The quantitative estimate of drug-likeness (QED) is 0.543. The number of piperazine rings is 2. The average Bonchev–Trinajstić information content (AvgIpc) is 3.52. The number of benzene rings is 1. The molecule has 3 fully saturated rings. The minimum Gasteiger partial charge on any atom is -0.367 e. The molecule has 1 aromatic rings. The van der Waals surface area contributed by atoms with Crippen LogP contribution in [0, 0.1) is 0 Å². The zero-order valence-electron chi connectivity index (χ0n) is 17.2. The predicted octanol–water partition coefficient (Wildman–Crippen LogP) is 0.298. The molecule has 0 saturated carbocycles. The molecule has 8 nitrogen and oxygen atoms in total. The van der Waals surface area contributed by atoms with E-state index in [0.29, 0.717) is 0 Å². The number of nitrogens with zero attached hydrogens (tertiary/aromatic N) is 4. The first kappa shape index (κ1) is 20.3. The van der Waals surface area contributed by atoms with Crippen molar-refractivity contribution < 1.29 is 14.7 Å². The molecule has 3 aliphatic rings. The maximum Gasteiger partial charge on any atom is 0.241 e. The van der Waals surface area contributed by atoms with E-state index in [1.807, 2.05) is 29.2 Å². The molecule has 0 bridgehead atoms. The zero-order valence-corrected chi connectivity index (χ0v) is 17.2. The lowest BCUT2D eigenvalue weighted by Gasteiger charge is -2.42. The van der Waals surface area contributed by atoms with Gasteiger partial charge in [-0.3, -0.25) is 9.69 Å². The van der Waals surface area contributed by atoms with Crippen LogP contribution in [0.5, 0.6) is 0 Å². The van der Waals surface area contributed by atoms with Gasteiger partial charge in [0.15, 0.2) is 6.23 Å². The Labute approximate surface area is 172 Å². The summed E-state index contributed by atoms with van der Waals surface area (Å²) in [5, 5.41) is 8.87. The highest BCUT2D eigenvalue weighted by Gasteiger charge is 2.36. The molecule has 3 saturated heterocycles. The molecule has 2 N–H and O–H groups in total. The van der Waals surface area contributed by atoms with Crippen molar-refractivity contribution in [1.29, 1.82) is 0 Å². The number of hydrogen-bond acceptors (Lipinski definition) is 7. The van der Waals surface area contributed by atoms with Gasteiger partial charge in [-0.1, -0.05) is 30.4 Å². The summed E-state index contributed by atoms with van der Waals surface area (Å²) in [6.45, 7) is 5.88. The van der Waals surface area contributed by atoms with Gasteiger partial charge in [-0.2, -0.15) is 5.48 Å². The van der Waals surface area contributed by atoms with Crippen molar-refractivity contribution in [3.05, 3.63) is 35.9 Å². The van der Waals surface area contributed by atoms with Gasteiger partial charge in [0, 0.05) is 51.5 Å². The molecule has 0 radical (unpaired) electrons. The van der Waals surface area contributed by atoms with Crippen LogP contribution in [0.15, 0.2) is 30.3 Å². The number of carbonyl (C=O) groups excluding carboxylic acids is 1. The molecule has 3 atom stereocenters. The summed E-state index contributed by atoms with van der Waals surface area (Å²) < 4.78 is 5.27. The van der Waals surface area contributed by atoms with Crippen LogP contribution in [-0.2, 0) is 9.53 Å². The van der Waals surface area contributed by atoms with Crippen LogP contribution in [0.25, 0.3) is 6.08 Å². The lowest BCUT2D eigenvalue weighted by Crippen LogP contribution is -2.60. The van der Waals surface area contributed by atoms with Gasteiger partial charge in [0.05, 0.1) is 0 Å². The lowest BCUT2D eigenvalue weighted by atomic mass is 10.1. The van der Waals surface area contributed by atoms with Gasteiger partial charge in [0.1, 0.15) is 12.1 Å². The van der Waals surface area contributed by atoms with E-state index in [4.69, 9.17) is 9.94 Å². The van der Waals surface area contributed by atoms with E-state index in [0.717, 1.165) is 51.4 Å². The summed E-state index contributed by atoms with van der Waals surface area (Å²) in [5.41, 5.74) is 4.41. The van der Waals surface area contributed by atoms with Crippen molar-refractivity contribution in [2.45, 2.75) is 18.4 Å². The fourth-order valence-electron chi connectivity index (χ4n) is 4.14. The van der Waals surface area contributed by atoms with Crippen LogP contribution >= 0.6 is 0 Å². The minimum absolute atomic E-state index is 0.0397. The Morgan fingerprint density at radius 2 is 1.90 bits per heavy atom. The van der Waals surface area contributed by atoms with Crippen LogP contribution in [0.2, 0.25) is 0 Å². The van der Waals surface area contributed by atoms with Gasteiger partial charge >= 0.3 is 0 Å². The van der Waals surface area contributed by atoms with Crippen LogP contribution in [0.1, 0.15) is 5.56 Å². The van der Waals surface area contributed by atoms with Crippen molar-refractivity contribution >= 4 is 17.7 Å². The van der Waals surface area contributed by atoms with E-state index >= 15 is 0 Å². The second-order valence-electron chi connectivity index (χ2n) is 8.14. The largest absolute Gasteiger partial charge is 0.367 e. The summed E-state index contributed by atoms with van der Waals surface area (Å²) in [6, 6.07) is 8.23. The average molecular weight is 402 g/mol. The Hall–Kier alpha value is -1.97. The van der Waals surface area contributed by atoms with Gasteiger partial charge in [-0.05, 0) is 25.7 Å². The van der Waals surface area contributed by atoms with Gasteiger partial charge in [-0.25, -0.2) is 0 Å². The van der Waals surface area contributed by atoms with Gasteiger partial charge in [-0.15, -0.1) is 0 Å². The topological polar surface area (TPSA) is 74.8 Å². The molecule has 3 unspecified atom stereocenters. The van der Waals surface area contributed by atoms with E-state index in [9.17, 15) is 4.79 Å². The Morgan fingerprint density at radius 1 is 1.14 bits per heavy atom. The van der Waals surface area contributed by atoms with E-state index in [1.54, 1.807) is 0 Å². The molecule has 4 rings (SSSR count). The maximum absolute atomic E-state index is 13.1. The van der Waals surface area contributed by atoms with Crippen molar-refractivity contribution in [3.8, 4) is 0 Å². The van der Waals surface area contributed by atoms with E-state index in [2.05, 4.69) is 46.4 Å². The summed E-state index contributed by atoms with van der Waals surface area (Å²) >= 11 is 0. The Bertz CT molecular complexity index is 750. The number of hydrogen-bond donors (Lipinski definition) is 2. The fraction of sp³-hybridized carbons (Fsp3) is 0.571. The van der Waals surface area contributed by atoms with Crippen molar-refractivity contribution in [2.24, 2.45) is 0 Å². The molecule has 1 amide bonds. The number of hydroxylamine groups is 1. The number of amides is 1. The number of nitrogens with one attached hydrogen (secondary N) is 1. The van der Waals surface area contributed by atoms with Crippen LogP contribution in [-0.4, -0.2) is 104 Å². The fourth-order valence-corrected chi connectivity index (χ4v) is 4.14. The third-order valence-electron chi connectivity index (χ3n) is 6.12. The lowest BCUT2D eigenvalue weighted by molar-refractivity contribution is -0.138. The van der Waals surface area contributed by atoms with E-state index in [1.165, 1.54) is 5.69 Å². The van der Waals surface area contributed by atoms with Crippen LogP contribution in [0.4, 0.5) is 5.69 Å². The van der Waals surface area contributed by atoms with E-state index in [-0.39, 0.29) is 24.3 Å². The zero-order chi connectivity index (χ0) is 20.4. The molecule has 29 heavy (non-hydrogen) atoms. The molecular formula is C21H31N5O3. The number of ether oxygens (including phenoxy) is 1. The van der Waals surface area contributed by atoms with Crippen LogP contribution in [0.3, 0.4) is 0 Å². The summed E-state index contributed by atoms with van der Waals surface area (Å²) in [4.78, 5) is 21.8. The maximum atomic E-state index is 13.1. The Balaban J connectivity index is 1.37. The Morgan fingerprint density at radius 3 is 2.62 bits per heavy atom. The standard InChI is InChI=1S/C21H31N5O3/c1-23-9-10-24(2)18(15-23)21(27)26-13-11-25(12-14-26)17-6-4-3-5-16(17)7-8-19-20(22-28)29-19/h3-8,18-20,22,28H,9-15H2,1-2H3/b8-7+. The predicted molar refractivity (Wildman–Crippen MR) is 112 cm³/mol. The Kier molecular flexibility index (Phi) is 6.17. The number of likely N-dealkylation sites (N-methyl/N-ethyl adjacent to an activating group) is 2. The molecular weight excluding hydrogens is 370 g/mol. The second kappa shape index (κ2) is 8.81. The molecule has 0 aromatic heterocycles. The highest BCUT2D eigenvalue weighted by atomic mass is 16.7. The normalized spacial score (nSPS) is 28.9. The number of epoxide rings is 1. The number of carbonyl (C=O) groups is 1. The molecule has 1 aromatic carbocycles. The molecule has 0 spiro atoms. The van der Waals surface area contributed by atoms with Gasteiger partial charge < -0.3 is 24.6 Å². The first-order chi connectivity index (χ1) is 14.1. The first-order valence-corrected chi connectivity index (χ1v) is 10.3. The number of para-hydroxylation sites is 1. The smallest absolute Gasteiger partial charge is 0.241 e. The highest BCUT2D eigenvalue weighted by Crippen LogP contribution is 2.26. The highest BCUT2D eigenvalue weighted by molar-refractivity contribution is 5.82. The van der Waals surface area contributed by atoms with Crippen molar-refractivity contribution in [1.82, 2.24) is 20.2 Å². The van der Waals surface area contributed by atoms with Crippen molar-refractivity contribution in [2.75, 3.05) is 64.8 Å². The number of rotatable bonds is 5. The first-order valence-electron chi connectivity index (χ1n) is 10.3. The molecule has 0 aliphatic carbocycles. The summed E-state index contributed by atoms with van der Waals surface area (Å²) in [6.07, 6.45) is 3.61. The van der Waals surface area contributed by atoms with Gasteiger partial charge in [0.25, 0.3) is 0 Å².